The van der Waals surface area contributed by atoms with Gasteiger partial charge in [-0.15, -0.1) is 0 Å². The number of aromatic amines is 1. The Labute approximate surface area is 127 Å². The van der Waals surface area contributed by atoms with E-state index >= 15 is 0 Å². The number of rotatable bonds is 2. The van der Waals surface area contributed by atoms with Gasteiger partial charge >= 0.3 is 0 Å². The van der Waals surface area contributed by atoms with Gasteiger partial charge in [0.15, 0.2) is 5.78 Å². The zero-order chi connectivity index (χ0) is 15.0. The molecule has 0 aromatic carbocycles. The summed E-state index contributed by atoms with van der Waals surface area (Å²) in [5.41, 5.74) is 4.90. The van der Waals surface area contributed by atoms with Crippen LogP contribution < -0.4 is 0 Å². The van der Waals surface area contributed by atoms with Crippen molar-refractivity contribution >= 4 is 5.78 Å². The fraction of sp³-hybridized carbons (Fsp3) is 0.737. The fourth-order valence-electron chi connectivity index (χ4n) is 6.32. The van der Waals surface area contributed by atoms with Crippen molar-refractivity contribution in [2.45, 2.75) is 66.2 Å². The van der Waals surface area contributed by atoms with Crippen LogP contribution in [0.15, 0.2) is 0 Å². The number of carbonyl (C=O) groups excluding carboxylic acids is 1. The van der Waals surface area contributed by atoms with E-state index < -0.39 is 0 Å². The number of aromatic nitrogens is 1. The lowest BCUT2D eigenvalue weighted by Crippen LogP contribution is -2.54. The average Bonchev–Trinajstić information content (AvgIpc) is 2.63. The number of nitrogens with one attached hydrogen (secondary N) is 1. The van der Waals surface area contributed by atoms with Crippen molar-refractivity contribution in [1.82, 2.24) is 4.98 Å². The Morgan fingerprint density at radius 2 is 1.67 bits per heavy atom. The highest BCUT2D eigenvalue weighted by molar-refractivity contribution is 6.01. The van der Waals surface area contributed by atoms with Crippen molar-refractivity contribution in [2.24, 2.45) is 22.7 Å². The molecule has 0 aliphatic heterocycles. The SMILES string of the molecule is Cc1[nH]c(C(=O)C23CC4CC(CC(C)(C4)C2)C3)c(C)c1C. The summed E-state index contributed by atoms with van der Waals surface area (Å²) in [6, 6.07) is 0. The van der Waals surface area contributed by atoms with Gasteiger partial charge in [-0.05, 0) is 87.7 Å². The topological polar surface area (TPSA) is 32.9 Å². The van der Waals surface area contributed by atoms with Gasteiger partial charge in [0, 0.05) is 11.1 Å². The first-order valence-corrected chi connectivity index (χ1v) is 8.52. The highest BCUT2D eigenvalue weighted by Crippen LogP contribution is 2.65. The van der Waals surface area contributed by atoms with E-state index in [1.54, 1.807) is 0 Å². The van der Waals surface area contributed by atoms with E-state index in [9.17, 15) is 4.79 Å². The molecule has 114 valence electrons. The third kappa shape index (κ3) is 1.80. The lowest BCUT2D eigenvalue weighted by atomic mass is 9.43. The Hall–Kier alpha value is -1.05. The zero-order valence-corrected chi connectivity index (χ0v) is 13.8. The van der Waals surface area contributed by atoms with E-state index in [2.05, 4.69) is 32.7 Å². The van der Waals surface area contributed by atoms with Gasteiger partial charge in [-0.2, -0.15) is 0 Å². The van der Waals surface area contributed by atoms with Gasteiger partial charge in [0.2, 0.25) is 0 Å². The van der Waals surface area contributed by atoms with Crippen molar-refractivity contribution in [2.75, 3.05) is 0 Å². The van der Waals surface area contributed by atoms with Crippen LogP contribution in [-0.2, 0) is 0 Å². The van der Waals surface area contributed by atoms with Crippen molar-refractivity contribution in [3.63, 3.8) is 0 Å². The first-order valence-electron chi connectivity index (χ1n) is 8.52. The minimum Gasteiger partial charge on any atom is -0.356 e. The predicted molar refractivity (Wildman–Crippen MR) is 84.6 cm³/mol. The summed E-state index contributed by atoms with van der Waals surface area (Å²) in [6.07, 6.45) is 7.53. The Bertz CT molecular complexity index is 610. The van der Waals surface area contributed by atoms with Gasteiger partial charge in [0.05, 0.1) is 5.69 Å². The molecule has 1 heterocycles. The number of ketones is 1. The molecule has 4 aliphatic carbocycles. The molecular weight excluding hydrogens is 258 g/mol. The van der Waals surface area contributed by atoms with E-state index in [4.69, 9.17) is 0 Å². The Balaban J connectivity index is 1.75. The molecule has 2 unspecified atom stereocenters. The van der Waals surface area contributed by atoms with Crippen LogP contribution in [0.25, 0.3) is 0 Å². The lowest BCUT2D eigenvalue weighted by Gasteiger charge is -2.60. The van der Waals surface area contributed by atoms with Crippen LogP contribution in [0, 0.1) is 43.4 Å². The minimum absolute atomic E-state index is 0.0483. The zero-order valence-electron chi connectivity index (χ0n) is 13.8. The quantitative estimate of drug-likeness (QED) is 0.783. The second-order valence-corrected chi connectivity index (χ2v) is 8.76. The Morgan fingerprint density at radius 1 is 1.05 bits per heavy atom. The van der Waals surface area contributed by atoms with E-state index in [0.717, 1.165) is 42.5 Å². The Morgan fingerprint density at radius 3 is 2.14 bits per heavy atom. The maximum Gasteiger partial charge on any atom is 0.185 e. The molecule has 4 aliphatic rings. The number of hydrogen-bond donors (Lipinski definition) is 1. The summed E-state index contributed by atoms with van der Waals surface area (Å²) < 4.78 is 0. The summed E-state index contributed by atoms with van der Waals surface area (Å²) in [5.74, 6) is 2.03. The van der Waals surface area contributed by atoms with Gasteiger partial charge in [0.25, 0.3) is 0 Å². The van der Waals surface area contributed by atoms with Crippen LogP contribution in [0.2, 0.25) is 0 Å². The monoisotopic (exact) mass is 285 g/mol. The molecule has 4 fully saturated rings. The van der Waals surface area contributed by atoms with Crippen molar-refractivity contribution in [3.05, 3.63) is 22.5 Å². The van der Waals surface area contributed by atoms with Crippen LogP contribution in [-0.4, -0.2) is 10.8 Å². The summed E-state index contributed by atoms with van der Waals surface area (Å²) in [4.78, 5) is 16.8. The van der Waals surface area contributed by atoms with Crippen molar-refractivity contribution in [3.8, 4) is 0 Å². The largest absolute Gasteiger partial charge is 0.356 e. The maximum absolute atomic E-state index is 13.4. The number of aryl methyl sites for hydroxylation is 1. The van der Waals surface area contributed by atoms with Crippen LogP contribution >= 0.6 is 0 Å². The predicted octanol–water partition coefficient (Wildman–Crippen LogP) is 4.73. The number of H-pyrrole nitrogens is 1. The maximum atomic E-state index is 13.4. The lowest BCUT2D eigenvalue weighted by molar-refractivity contribution is -0.0822. The van der Waals surface area contributed by atoms with Gasteiger partial charge < -0.3 is 4.98 Å². The molecule has 2 heteroatoms. The molecule has 0 amide bonds. The van der Waals surface area contributed by atoms with E-state index in [1.165, 1.54) is 30.4 Å². The smallest absolute Gasteiger partial charge is 0.185 e. The second-order valence-electron chi connectivity index (χ2n) is 8.76. The Kier molecular flexibility index (Phi) is 2.61. The number of hydrogen-bond acceptors (Lipinski definition) is 1. The third-order valence-electron chi connectivity index (χ3n) is 6.87. The number of carbonyl (C=O) groups is 1. The highest BCUT2D eigenvalue weighted by atomic mass is 16.1. The van der Waals surface area contributed by atoms with Gasteiger partial charge in [-0.3, -0.25) is 4.79 Å². The molecule has 4 bridgehead atoms. The van der Waals surface area contributed by atoms with Crippen LogP contribution in [0.5, 0.6) is 0 Å². The molecule has 2 atom stereocenters. The van der Waals surface area contributed by atoms with E-state index in [1.807, 2.05) is 0 Å². The van der Waals surface area contributed by atoms with Crippen molar-refractivity contribution < 1.29 is 4.79 Å². The molecule has 5 rings (SSSR count). The van der Waals surface area contributed by atoms with Crippen LogP contribution in [0.3, 0.4) is 0 Å². The normalized spacial score (nSPS) is 40.8. The molecule has 0 radical (unpaired) electrons. The molecule has 0 spiro atoms. The molecule has 1 aromatic heterocycles. The second kappa shape index (κ2) is 4.02. The van der Waals surface area contributed by atoms with Crippen LogP contribution in [0.1, 0.15) is 72.8 Å². The van der Waals surface area contributed by atoms with Crippen molar-refractivity contribution in [1.29, 1.82) is 0 Å². The number of Topliss-reactive ketones (excluding diaryl/α,β-unsaturated/α-hetero) is 1. The first kappa shape index (κ1) is 13.6. The summed E-state index contributed by atoms with van der Waals surface area (Å²) in [6.45, 7) is 8.75. The van der Waals surface area contributed by atoms with Gasteiger partial charge in [-0.1, -0.05) is 6.92 Å². The molecule has 1 aromatic rings. The summed E-state index contributed by atoms with van der Waals surface area (Å²) >= 11 is 0. The third-order valence-corrected chi connectivity index (χ3v) is 6.87. The first-order chi connectivity index (χ1) is 9.82. The molecule has 0 saturated heterocycles. The minimum atomic E-state index is -0.0483. The molecule has 4 saturated carbocycles. The fourth-order valence-corrected chi connectivity index (χ4v) is 6.32. The summed E-state index contributed by atoms with van der Waals surface area (Å²) in [5, 5.41) is 0. The molecular formula is C19H27NO. The summed E-state index contributed by atoms with van der Waals surface area (Å²) in [7, 11) is 0. The highest BCUT2D eigenvalue weighted by Gasteiger charge is 2.59. The van der Waals surface area contributed by atoms with Gasteiger partial charge in [0.1, 0.15) is 0 Å². The average molecular weight is 285 g/mol. The van der Waals surface area contributed by atoms with E-state index in [-0.39, 0.29) is 5.41 Å². The molecule has 2 nitrogen and oxygen atoms in total. The van der Waals surface area contributed by atoms with Crippen LogP contribution in [0.4, 0.5) is 0 Å². The molecule has 1 N–H and O–H groups in total. The standard InChI is InChI=1S/C19H27NO/c1-11-12(2)16(20-13(11)3)17(21)19-8-14-5-15(9-19)7-18(4,6-14)10-19/h14-15,20H,5-10H2,1-4H3. The molecule has 21 heavy (non-hydrogen) atoms. The van der Waals surface area contributed by atoms with E-state index in [0.29, 0.717) is 11.2 Å². The van der Waals surface area contributed by atoms with Gasteiger partial charge in [-0.25, -0.2) is 0 Å².